The molecule has 0 heterocycles. The average molecular weight is 316 g/mol. The molecule has 1 unspecified atom stereocenters. The standard InChI is InChI=1S/C15H22ClNO2S/c1-12(11-18)5-4-9-17-15(19)8-10-20-14-7-3-2-6-13(14)16/h2-3,6-7,12,18H,4-5,8-11H2,1H3,(H,17,19). The summed E-state index contributed by atoms with van der Waals surface area (Å²) in [6.07, 6.45) is 2.34. The minimum absolute atomic E-state index is 0.0706. The molecule has 1 aromatic carbocycles. The third-order valence-corrected chi connectivity index (χ3v) is 4.45. The lowest BCUT2D eigenvalue weighted by molar-refractivity contribution is -0.120. The van der Waals surface area contributed by atoms with Crippen LogP contribution >= 0.6 is 23.4 Å². The summed E-state index contributed by atoms with van der Waals surface area (Å²) in [5, 5.41) is 12.5. The summed E-state index contributed by atoms with van der Waals surface area (Å²) in [5.41, 5.74) is 0. The quantitative estimate of drug-likeness (QED) is 0.543. The SMILES string of the molecule is CC(CO)CCCNC(=O)CCSc1ccccc1Cl. The Morgan fingerprint density at radius 1 is 1.45 bits per heavy atom. The highest BCUT2D eigenvalue weighted by molar-refractivity contribution is 7.99. The summed E-state index contributed by atoms with van der Waals surface area (Å²) in [5.74, 6) is 1.10. The van der Waals surface area contributed by atoms with Crippen LogP contribution in [-0.4, -0.2) is 29.9 Å². The zero-order valence-corrected chi connectivity index (χ0v) is 13.3. The van der Waals surface area contributed by atoms with Crippen LogP contribution in [0.1, 0.15) is 26.2 Å². The predicted molar refractivity (Wildman–Crippen MR) is 85.3 cm³/mol. The molecule has 20 heavy (non-hydrogen) atoms. The lowest BCUT2D eigenvalue weighted by atomic mass is 10.1. The second-order valence-corrected chi connectivity index (χ2v) is 6.35. The van der Waals surface area contributed by atoms with Gasteiger partial charge in [-0.15, -0.1) is 11.8 Å². The first-order valence-corrected chi connectivity index (χ1v) is 8.24. The van der Waals surface area contributed by atoms with Gasteiger partial charge in [-0.05, 0) is 30.9 Å². The highest BCUT2D eigenvalue weighted by Crippen LogP contribution is 2.26. The van der Waals surface area contributed by atoms with E-state index in [1.165, 1.54) is 0 Å². The Balaban J connectivity index is 2.10. The molecule has 0 fully saturated rings. The molecule has 0 aliphatic rings. The molecule has 0 saturated carbocycles. The fourth-order valence-electron chi connectivity index (χ4n) is 1.67. The van der Waals surface area contributed by atoms with E-state index in [9.17, 15) is 4.79 Å². The van der Waals surface area contributed by atoms with Crippen LogP contribution in [0.3, 0.4) is 0 Å². The highest BCUT2D eigenvalue weighted by atomic mass is 35.5. The smallest absolute Gasteiger partial charge is 0.220 e. The van der Waals surface area contributed by atoms with E-state index >= 15 is 0 Å². The van der Waals surface area contributed by atoms with Crippen LogP contribution in [0.25, 0.3) is 0 Å². The second kappa shape index (κ2) is 10.1. The van der Waals surface area contributed by atoms with Crippen molar-refractivity contribution >= 4 is 29.3 Å². The Morgan fingerprint density at radius 2 is 2.20 bits per heavy atom. The van der Waals surface area contributed by atoms with Crippen molar-refractivity contribution in [1.29, 1.82) is 0 Å². The maximum Gasteiger partial charge on any atom is 0.220 e. The van der Waals surface area contributed by atoms with E-state index in [2.05, 4.69) is 5.32 Å². The Morgan fingerprint density at radius 3 is 2.90 bits per heavy atom. The van der Waals surface area contributed by atoms with Gasteiger partial charge in [-0.25, -0.2) is 0 Å². The van der Waals surface area contributed by atoms with Crippen molar-refractivity contribution in [2.75, 3.05) is 18.9 Å². The molecular formula is C15H22ClNO2S. The number of amides is 1. The van der Waals surface area contributed by atoms with Crippen molar-refractivity contribution in [3.05, 3.63) is 29.3 Å². The molecule has 1 amide bonds. The number of aliphatic hydroxyl groups is 1. The predicted octanol–water partition coefficient (Wildman–Crippen LogP) is 3.35. The Bertz CT molecular complexity index is 415. The van der Waals surface area contributed by atoms with E-state index in [1.54, 1.807) is 11.8 Å². The number of carbonyl (C=O) groups is 1. The van der Waals surface area contributed by atoms with Crippen molar-refractivity contribution in [2.24, 2.45) is 5.92 Å². The zero-order chi connectivity index (χ0) is 14.8. The molecule has 5 heteroatoms. The Kier molecular flexibility index (Phi) is 8.74. The number of carbonyl (C=O) groups excluding carboxylic acids is 1. The monoisotopic (exact) mass is 315 g/mol. The fraction of sp³-hybridized carbons (Fsp3) is 0.533. The van der Waals surface area contributed by atoms with Crippen LogP contribution in [0.4, 0.5) is 0 Å². The van der Waals surface area contributed by atoms with Crippen LogP contribution in [-0.2, 0) is 4.79 Å². The minimum Gasteiger partial charge on any atom is -0.396 e. The topological polar surface area (TPSA) is 49.3 Å². The zero-order valence-electron chi connectivity index (χ0n) is 11.8. The molecule has 0 bridgehead atoms. The molecular weight excluding hydrogens is 294 g/mol. The molecule has 0 aromatic heterocycles. The number of halogens is 1. The van der Waals surface area contributed by atoms with Crippen molar-refractivity contribution < 1.29 is 9.90 Å². The van der Waals surface area contributed by atoms with Gasteiger partial charge in [-0.3, -0.25) is 4.79 Å². The molecule has 112 valence electrons. The minimum atomic E-state index is 0.0706. The second-order valence-electron chi connectivity index (χ2n) is 4.81. The van der Waals surface area contributed by atoms with Crippen LogP contribution in [0.2, 0.25) is 5.02 Å². The van der Waals surface area contributed by atoms with Gasteiger partial charge in [0.25, 0.3) is 0 Å². The van der Waals surface area contributed by atoms with Crippen LogP contribution in [0.5, 0.6) is 0 Å². The van der Waals surface area contributed by atoms with Gasteiger partial charge in [0, 0.05) is 30.2 Å². The summed E-state index contributed by atoms with van der Waals surface area (Å²) in [4.78, 5) is 12.6. The summed E-state index contributed by atoms with van der Waals surface area (Å²) in [6.45, 7) is 2.89. The van der Waals surface area contributed by atoms with E-state index in [-0.39, 0.29) is 12.5 Å². The van der Waals surface area contributed by atoms with Gasteiger partial charge < -0.3 is 10.4 Å². The molecule has 0 radical (unpaired) electrons. The molecule has 0 aliphatic carbocycles. The highest BCUT2D eigenvalue weighted by Gasteiger charge is 2.04. The first kappa shape index (κ1) is 17.3. The largest absolute Gasteiger partial charge is 0.396 e. The van der Waals surface area contributed by atoms with E-state index in [4.69, 9.17) is 16.7 Å². The number of aliphatic hydroxyl groups excluding tert-OH is 1. The number of hydrogen-bond acceptors (Lipinski definition) is 3. The lowest BCUT2D eigenvalue weighted by Crippen LogP contribution is -2.25. The van der Waals surface area contributed by atoms with Crippen molar-refractivity contribution in [2.45, 2.75) is 31.1 Å². The summed E-state index contributed by atoms with van der Waals surface area (Å²) in [6, 6.07) is 7.65. The molecule has 1 aromatic rings. The van der Waals surface area contributed by atoms with Crippen molar-refractivity contribution in [1.82, 2.24) is 5.32 Å². The number of rotatable bonds is 9. The summed E-state index contributed by atoms with van der Waals surface area (Å²) < 4.78 is 0. The van der Waals surface area contributed by atoms with Crippen LogP contribution < -0.4 is 5.32 Å². The summed E-state index contributed by atoms with van der Waals surface area (Å²) in [7, 11) is 0. The molecule has 1 rings (SSSR count). The average Bonchev–Trinajstić information content (AvgIpc) is 2.45. The van der Waals surface area contributed by atoms with Crippen molar-refractivity contribution in [3.63, 3.8) is 0 Å². The third-order valence-electron chi connectivity index (χ3n) is 2.93. The molecule has 0 saturated heterocycles. The van der Waals surface area contributed by atoms with Gasteiger partial charge >= 0.3 is 0 Å². The number of hydrogen-bond donors (Lipinski definition) is 2. The molecule has 1 atom stereocenters. The first-order valence-electron chi connectivity index (χ1n) is 6.88. The van der Waals surface area contributed by atoms with E-state index in [0.717, 1.165) is 28.5 Å². The van der Waals surface area contributed by atoms with E-state index in [1.807, 2.05) is 31.2 Å². The van der Waals surface area contributed by atoms with Gasteiger partial charge in [0.15, 0.2) is 0 Å². The number of thioether (sulfide) groups is 1. The number of nitrogens with one attached hydrogen (secondary N) is 1. The van der Waals surface area contributed by atoms with Gasteiger partial charge in [-0.1, -0.05) is 30.7 Å². The Hall–Kier alpha value is -0.710. The van der Waals surface area contributed by atoms with Crippen LogP contribution in [0, 0.1) is 5.92 Å². The maximum atomic E-state index is 11.6. The van der Waals surface area contributed by atoms with Crippen LogP contribution in [0.15, 0.2) is 29.2 Å². The van der Waals surface area contributed by atoms with E-state index in [0.29, 0.717) is 18.9 Å². The maximum absolute atomic E-state index is 11.6. The third kappa shape index (κ3) is 7.17. The molecule has 0 spiro atoms. The number of benzene rings is 1. The molecule has 0 aliphatic heterocycles. The molecule has 3 nitrogen and oxygen atoms in total. The first-order chi connectivity index (χ1) is 9.63. The van der Waals surface area contributed by atoms with Gasteiger partial charge in [0.1, 0.15) is 0 Å². The summed E-state index contributed by atoms with van der Waals surface area (Å²) >= 11 is 7.64. The van der Waals surface area contributed by atoms with E-state index < -0.39 is 0 Å². The van der Waals surface area contributed by atoms with Gasteiger partial charge in [-0.2, -0.15) is 0 Å². The van der Waals surface area contributed by atoms with Gasteiger partial charge in [0.2, 0.25) is 5.91 Å². The Labute approximate surface area is 130 Å². The fourth-order valence-corrected chi connectivity index (χ4v) is 2.86. The molecule has 2 N–H and O–H groups in total. The normalized spacial score (nSPS) is 12.2. The lowest BCUT2D eigenvalue weighted by Gasteiger charge is -2.08. The van der Waals surface area contributed by atoms with Crippen molar-refractivity contribution in [3.8, 4) is 0 Å². The van der Waals surface area contributed by atoms with Gasteiger partial charge in [0.05, 0.1) is 5.02 Å².